The third kappa shape index (κ3) is 3.80. The predicted molar refractivity (Wildman–Crippen MR) is 97.1 cm³/mol. The molecule has 2 aromatic rings. The number of nitrogens with two attached hydrogens (primary N) is 1. The fourth-order valence-corrected chi connectivity index (χ4v) is 2.95. The highest BCUT2D eigenvalue weighted by molar-refractivity contribution is 5.94. The quantitative estimate of drug-likeness (QED) is 0.772. The number of nitrogens with one attached hydrogen (secondary N) is 1. The van der Waals surface area contributed by atoms with Crippen LogP contribution in [0.5, 0.6) is 0 Å². The third-order valence-electron chi connectivity index (χ3n) is 4.41. The Morgan fingerprint density at radius 1 is 1.36 bits per heavy atom. The van der Waals surface area contributed by atoms with Gasteiger partial charge in [0.25, 0.3) is 0 Å². The number of benzene rings is 1. The molecule has 0 fully saturated rings. The summed E-state index contributed by atoms with van der Waals surface area (Å²) in [6.07, 6.45) is 0. The van der Waals surface area contributed by atoms with Gasteiger partial charge in [-0.15, -0.1) is 0 Å². The summed E-state index contributed by atoms with van der Waals surface area (Å²) >= 11 is 0. The van der Waals surface area contributed by atoms with Crippen molar-refractivity contribution in [3.63, 3.8) is 0 Å². The smallest absolute Gasteiger partial charge is 0.358 e. The van der Waals surface area contributed by atoms with Crippen LogP contribution in [-0.2, 0) is 17.8 Å². The average Bonchev–Trinajstić information content (AvgIpc) is 3.05. The summed E-state index contributed by atoms with van der Waals surface area (Å²) in [5.74, 6) is -2.04. The molecule has 3 N–H and O–H groups in total. The number of aromatic nitrogens is 2. The van der Waals surface area contributed by atoms with E-state index in [0.717, 1.165) is 6.07 Å². The zero-order valence-electron chi connectivity index (χ0n) is 15.4. The molecule has 1 atom stereocenters. The summed E-state index contributed by atoms with van der Waals surface area (Å²) in [5.41, 5.74) is 5.91. The molecule has 9 nitrogen and oxygen atoms in total. The molecular formula is C18H20FN5O4. The highest BCUT2D eigenvalue weighted by Crippen LogP contribution is 2.22. The maximum absolute atomic E-state index is 14.1. The molecule has 1 aliphatic heterocycles. The van der Waals surface area contributed by atoms with E-state index in [1.807, 2.05) is 6.92 Å². The molecule has 0 bridgehead atoms. The second-order valence-corrected chi connectivity index (χ2v) is 6.39. The Kier molecular flexibility index (Phi) is 5.30. The largest absolute Gasteiger partial charge is 0.461 e. The SMILES string of the molecule is CCOC(=O)c1cc2n(n1)CC(C)N(C(=O)Nc1ccc(C(N)=O)cc1F)C2. The van der Waals surface area contributed by atoms with Crippen molar-refractivity contribution in [2.75, 3.05) is 11.9 Å². The van der Waals surface area contributed by atoms with Crippen LogP contribution in [0.4, 0.5) is 14.9 Å². The molecule has 3 rings (SSSR count). The van der Waals surface area contributed by atoms with E-state index in [1.54, 1.807) is 17.7 Å². The standard InChI is InChI=1S/C18H20FN5O4/c1-3-28-17(26)15-7-12-9-23(10(2)8-24(12)22-15)18(27)21-14-5-4-11(16(20)25)6-13(14)19/h4-7,10H,3,8-9H2,1-2H3,(H2,20,25)(H,21,27). The van der Waals surface area contributed by atoms with E-state index in [-0.39, 0.29) is 36.1 Å². The summed E-state index contributed by atoms with van der Waals surface area (Å²) in [6.45, 7) is 4.34. The van der Waals surface area contributed by atoms with Crippen molar-refractivity contribution < 1.29 is 23.5 Å². The lowest BCUT2D eigenvalue weighted by atomic mass is 10.2. The van der Waals surface area contributed by atoms with Crippen molar-refractivity contribution in [1.29, 1.82) is 0 Å². The summed E-state index contributed by atoms with van der Waals surface area (Å²) < 4.78 is 20.7. The number of ether oxygens (including phenoxy) is 1. The number of hydrogen-bond donors (Lipinski definition) is 2. The van der Waals surface area contributed by atoms with Crippen LogP contribution in [0.15, 0.2) is 24.3 Å². The number of primary amides is 1. The first-order valence-corrected chi connectivity index (χ1v) is 8.71. The summed E-state index contributed by atoms with van der Waals surface area (Å²) in [5, 5.41) is 6.71. The number of anilines is 1. The number of amides is 3. The second-order valence-electron chi connectivity index (χ2n) is 6.39. The van der Waals surface area contributed by atoms with Crippen LogP contribution in [0.1, 0.15) is 40.4 Å². The van der Waals surface area contributed by atoms with E-state index >= 15 is 0 Å². The average molecular weight is 389 g/mol. The maximum Gasteiger partial charge on any atom is 0.358 e. The fourth-order valence-electron chi connectivity index (χ4n) is 2.95. The molecule has 148 valence electrons. The number of fused-ring (bicyclic) bond motifs is 1. The first-order chi connectivity index (χ1) is 13.3. The molecule has 2 heterocycles. The lowest BCUT2D eigenvalue weighted by Gasteiger charge is -2.33. The minimum atomic E-state index is -0.760. The number of nitrogens with zero attached hydrogens (tertiary/aromatic N) is 3. The number of hydrogen-bond acceptors (Lipinski definition) is 5. The molecule has 0 radical (unpaired) electrons. The lowest BCUT2D eigenvalue weighted by molar-refractivity contribution is 0.0517. The molecule has 0 saturated heterocycles. The normalized spacial score (nSPS) is 15.7. The van der Waals surface area contributed by atoms with E-state index in [2.05, 4.69) is 10.4 Å². The summed E-state index contributed by atoms with van der Waals surface area (Å²) in [6, 6.07) is 4.41. The van der Waals surface area contributed by atoms with Gasteiger partial charge in [-0.2, -0.15) is 5.10 Å². The molecule has 3 amide bonds. The Bertz CT molecular complexity index is 942. The third-order valence-corrected chi connectivity index (χ3v) is 4.41. The Hall–Kier alpha value is -3.43. The van der Waals surface area contributed by atoms with E-state index in [1.165, 1.54) is 17.0 Å². The summed E-state index contributed by atoms with van der Waals surface area (Å²) in [4.78, 5) is 37.1. The molecule has 1 aliphatic rings. The molecule has 1 aromatic heterocycles. The molecular weight excluding hydrogens is 369 g/mol. The van der Waals surface area contributed by atoms with Crippen molar-refractivity contribution >= 4 is 23.6 Å². The van der Waals surface area contributed by atoms with Crippen molar-refractivity contribution in [1.82, 2.24) is 14.7 Å². The van der Waals surface area contributed by atoms with Crippen LogP contribution in [0.2, 0.25) is 0 Å². The Morgan fingerprint density at radius 2 is 2.11 bits per heavy atom. The van der Waals surface area contributed by atoms with E-state index in [9.17, 15) is 18.8 Å². The monoisotopic (exact) mass is 389 g/mol. The molecule has 28 heavy (non-hydrogen) atoms. The van der Waals surface area contributed by atoms with Crippen molar-refractivity contribution in [2.24, 2.45) is 5.73 Å². The zero-order valence-corrected chi connectivity index (χ0v) is 15.4. The molecule has 0 spiro atoms. The van der Waals surface area contributed by atoms with Gasteiger partial charge in [0.15, 0.2) is 5.69 Å². The maximum atomic E-state index is 14.1. The first-order valence-electron chi connectivity index (χ1n) is 8.71. The molecule has 0 aliphatic carbocycles. The van der Waals surface area contributed by atoms with Gasteiger partial charge < -0.3 is 20.7 Å². The molecule has 0 saturated carbocycles. The van der Waals surface area contributed by atoms with Gasteiger partial charge in [0.1, 0.15) is 5.82 Å². The van der Waals surface area contributed by atoms with E-state index < -0.39 is 23.7 Å². The van der Waals surface area contributed by atoms with Gasteiger partial charge in [0.2, 0.25) is 5.91 Å². The van der Waals surface area contributed by atoms with Crippen LogP contribution in [0, 0.1) is 5.82 Å². The minimum absolute atomic E-state index is 0.0113. The van der Waals surface area contributed by atoms with Crippen LogP contribution in [-0.4, -0.2) is 45.2 Å². The number of carbonyl (C=O) groups is 3. The van der Waals surface area contributed by atoms with Gasteiger partial charge in [0.05, 0.1) is 37.1 Å². The molecule has 1 unspecified atom stereocenters. The minimum Gasteiger partial charge on any atom is -0.461 e. The second kappa shape index (κ2) is 7.67. The van der Waals surface area contributed by atoms with Crippen LogP contribution < -0.4 is 11.1 Å². The van der Waals surface area contributed by atoms with Crippen LogP contribution in [0.25, 0.3) is 0 Å². The number of esters is 1. The number of urea groups is 1. The molecule has 10 heteroatoms. The first kappa shape index (κ1) is 19.3. The van der Waals surface area contributed by atoms with Gasteiger partial charge >= 0.3 is 12.0 Å². The van der Waals surface area contributed by atoms with Crippen molar-refractivity contribution in [3.8, 4) is 0 Å². The van der Waals surface area contributed by atoms with Crippen molar-refractivity contribution in [3.05, 3.63) is 47.0 Å². The summed E-state index contributed by atoms with van der Waals surface area (Å²) in [7, 11) is 0. The lowest BCUT2D eigenvalue weighted by Crippen LogP contribution is -2.46. The van der Waals surface area contributed by atoms with E-state index in [0.29, 0.717) is 12.2 Å². The fraction of sp³-hybridized carbons (Fsp3) is 0.333. The van der Waals surface area contributed by atoms with Crippen LogP contribution >= 0.6 is 0 Å². The number of carbonyl (C=O) groups excluding carboxylic acids is 3. The van der Waals surface area contributed by atoms with Gasteiger partial charge in [-0.05, 0) is 38.1 Å². The number of halogens is 1. The zero-order chi connectivity index (χ0) is 20.4. The van der Waals surface area contributed by atoms with Gasteiger partial charge in [-0.1, -0.05) is 0 Å². The van der Waals surface area contributed by atoms with Crippen LogP contribution in [0.3, 0.4) is 0 Å². The highest BCUT2D eigenvalue weighted by atomic mass is 19.1. The van der Waals surface area contributed by atoms with Gasteiger partial charge in [0, 0.05) is 5.56 Å². The Balaban J connectivity index is 1.75. The van der Waals surface area contributed by atoms with E-state index in [4.69, 9.17) is 10.5 Å². The van der Waals surface area contributed by atoms with Gasteiger partial charge in [-0.25, -0.2) is 14.0 Å². The Labute approximate surface area is 160 Å². The predicted octanol–water partition coefficient (Wildman–Crippen LogP) is 1.73. The number of rotatable bonds is 4. The molecule has 1 aromatic carbocycles. The highest BCUT2D eigenvalue weighted by Gasteiger charge is 2.29. The Morgan fingerprint density at radius 3 is 2.75 bits per heavy atom. The van der Waals surface area contributed by atoms with Crippen molar-refractivity contribution in [2.45, 2.75) is 33.0 Å². The van der Waals surface area contributed by atoms with Gasteiger partial charge in [-0.3, -0.25) is 9.48 Å². The topological polar surface area (TPSA) is 120 Å².